The van der Waals surface area contributed by atoms with Gasteiger partial charge in [-0.25, -0.2) is 8.78 Å². The summed E-state index contributed by atoms with van der Waals surface area (Å²) in [7, 11) is 0. The first-order valence-corrected chi connectivity index (χ1v) is 17.4. The van der Waals surface area contributed by atoms with E-state index in [2.05, 4.69) is 37.3 Å². The smallest absolute Gasteiger partial charge is 0.319 e. The third kappa shape index (κ3) is 4.84. The van der Waals surface area contributed by atoms with Crippen molar-refractivity contribution in [3.63, 3.8) is 0 Å². The lowest BCUT2D eigenvalue weighted by molar-refractivity contribution is 0.108. The molecule has 9 rings (SSSR count). The Morgan fingerprint density at radius 2 is 2.09 bits per heavy atom. The quantitative estimate of drug-likeness (QED) is 0.265. The standard InChI is InChI=1S/C35H36F2N6O2S/c1-3-25-28(36)9-8-20-12-23(44)13-26(29(20)25)31-30(37)32-27(16-39-31)33(43-17-21-6-4-7-22(43)15-38-21)41-34(40-32)45-19-35-10-5-11-42(35)18-24(14-35)46-2/h1,8-9,12-13,16,21-22,24,38,44H,4-7,10-11,14-15,17-19H2,2H3/t21?,22?,24-,35+/m0/s1. The summed E-state index contributed by atoms with van der Waals surface area (Å²) in [5.41, 5.74) is 0.0918. The molecule has 4 aromatic rings. The zero-order valence-corrected chi connectivity index (χ0v) is 26.5. The number of hydrogen-bond acceptors (Lipinski definition) is 9. The molecular weight excluding hydrogens is 606 g/mol. The molecule has 5 aliphatic heterocycles. The second kappa shape index (κ2) is 11.5. The lowest BCUT2D eigenvalue weighted by Crippen LogP contribution is -2.54. The van der Waals surface area contributed by atoms with Gasteiger partial charge in [-0.2, -0.15) is 21.7 Å². The second-order valence-corrected chi connectivity index (χ2v) is 14.3. The Labute approximate surface area is 270 Å². The summed E-state index contributed by atoms with van der Waals surface area (Å²) in [5, 5.41) is 16.0. The number of fused-ring (bicyclic) bond motifs is 7. The Morgan fingerprint density at radius 1 is 1.20 bits per heavy atom. The van der Waals surface area contributed by atoms with E-state index < -0.39 is 11.6 Å². The summed E-state index contributed by atoms with van der Waals surface area (Å²) >= 11 is 1.90. The number of terminal acetylenes is 1. The van der Waals surface area contributed by atoms with E-state index in [4.69, 9.17) is 16.1 Å². The molecular formula is C35H36F2N6O2S. The Morgan fingerprint density at radius 3 is 2.93 bits per heavy atom. The number of nitrogens with zero attached hydrogens (tertiary/aromatic N) is 5. The first-order valence-electron chi connectivity index (χ1n) is 16.1. The molecule has 2 aromatic carbocycles. The average molecular weight is 643 g/mol. The summed E-state index contributed by atoms with van der Waals surface area (Å²) in [4.78, 5) is 19.0. The molecule has 8 nitrogen and oxygen atoms in total. The van der Waals surface area contributed by atoms with Gasteiger partial charge >= 0.3 is 6.01 Å². The normalized spacial score (nSPS) is 26.0. The number of rotatable bonds is 6. The number of benzene rings is 2. The maximum atomic E-state index is 16.9. The van der Waals surface area contributed by atoms with Crippen molar-refractivity contribution in [2.24, 2.45) is 0 Å². The van der Waals surface area contributed by atoms with Gasteiger partial charge in [0.1, 0.15) is 35.2 Å². The van der Waals surface area contributed by atoms with Crippen molar-refractivity contribution in [3.8, 4) is 35.4 Å². The lowest BCUT2D eigenvalue weighted by Gasteiger charge is -2.38. The number of phenolic OH excluding ortho intramolecular Hbond substituents is 1. The number of phenols is 1. The van der Waals surface area contributed by atoms with Crippen LogP contribution in [0.5, 0.6) is 11.8 Å². The van der Waals surface area contributed by atoms with Crippen LogP contribution >= 0.6 is 11.8 Å². The van der Waals surface area contributed by atoms with Gasteiger partial charge in [-0.1, -0.05) is 12.0 Å². The van der Waals surface area contributed by atoms with E-state index in [9.17, 15) is 9.50 Å². The predicted octanol–water partition coefficient (Wildman–Crippen LogP) is 5.49. The zero-order valence-electron chi connectivity index (χ0n) is 25.7. The van der Waals surface area contributed by atoms with Gasteiger partial charge in [0.25, 0.3) is 0 Å². The topological polar surface area (TPSA) is 86.6 Å². The van der Waals surface area contributed by atoms with E-state index in [1.54, 1.807) is 6.20 Å². The van der Waals surface area contributed by atoms with E-state index in [0.29, 0.717) is 39.9 Å². The minimum atomic E-state index is -0.702. The van der Waals surface area contributed by atoms with Crippen LogP contribution in [0.4, 0.5) is 14.6 Å². The molecule has 0 saturated carbocycles. The van der Waals surface area contributed by atoms with Gasteiger partial charge in [0.2, 0.25) is 0 Å². The number of aromatic nitrogens is 3. The average Bonchev–Trinajstić information content (AvgIpc) is 3.43. The monoisotopic (exact) mass is 642 g/mol. The molecule has 0 radical (unpaired) electrons. The predicted molar refractivity (Wildman–Crippen MR) is 178 cm³/mol. The lowest BCUT2D eigenvalue weighted by atomic mass is 9.95. The van der Waals surface area contributed by atoms with Crippen molar-refractivity contribution in [1.82, 2.24) is 25.2 Å². The summed E-state index contributed by atoms with van der Waals surface area (Å²) in [6, 6.07) is 6.25. The van der Waals surface area contributed by atoms with Crippen LogP contribution in [0.3, 0.4) is 0 Å². The van der Waals surface area contributed by atoms with Crippen LogP contribution < -0.4 is 15.0 Å². The van der Waals surface area contributed by atoms with E-state index >= 15 is 4.39 Å². The molecule has 2 N–H and O–H groups in total. The molecule has 0 aliphatic carbocycles. The highest BCUT2D eigenvalue weighted by molar-refractivity contribution is 7.99. The Bertz CT molecular complexity index is 1900. The van der Waals surface area contributed by atoms with E-state index in [1.807, 2.05) is 11.8 Å². The highest BCUT2D eigenvalue weighted by atomic mass is 32.2. The molecule has 5 saturated heterocycles. The minimum Gasteiger partial charge on any atom is -0.508 e. The molecule has 4 atom stereocenters. The number of nitrogens with one attached hydrogen (secondary N) is 1. The van der Waals surface area contributed by atoms with Crippen LogP contribution in [-0.4, -0.2) is 86.9 Å². The molecule has 2 aromatic heterocycles. The molecule has 2 unspecified atom stereocenters. The number of piperazine rings is 1. The van der Waals surface area contributed by atoms with E-state index in [0.717, 1.165) is 64.7 Å². The van der Waals surface area contributed by atoms with Crippen LogP contribution in [0.25, 0.3) is 32.9 Å². The first kappa shape index (κ1) is 29.7. The second-order valence-electron chi connectivity index (χ2n) is 13.1. The van der Waals surface area contributed by atoms with E-state index in [1.165, 1.54) is 24.3 Å². The third-order valence-corrected chi connectivity index (χ3v) is 11.5. The molecule has 46 heavy (non-hydrogen) atoms. The maximum absolute atomic E-state index is 16.9. The molecule has 2 bridgehead atoms. The largest absolute Gasteiger partial charge is 0.508 e. The van der Waals surface area contributed by atoms with Crippen LogP contribution in [0, 0.1) is 24.0 Å². The fourth-order valence-electron chi connectivity index (χ4n) is 8.24. The Kier molecular flexibility index (Phi) is 7.42. The van der Waals surface area contributed by atoms with Gasteiger partial charge in [0.15, 0.2) is 5.82 Å². The summed E-state index contributed by atoms with van der Waals surface area (Å²) in [6.45, 7) is 4.10. The van der Waals surface area contributed by atoms with Gasteiger partial charge in [0, 0.05) is 54.1 Å². The van der Waals surface area contributed by atoms with Crippen LogP contribution in [0.15, 0.2) is 30.5 Å². The number of halogens is 2. The van der Waals surface area contributed by atoms with Gasteiger partial charge in [-0.15, -0.1) is 6.42 Å². The van der Waals surface area contributed by atoms with Gasteiger partial charge in [-0.05, 0) is 74.9 Å². The van der Waals surface area contributed by atoms with Gasteiger partial charge < -0.3 is 20.1 Å². The fourth-order valence-corrected chi connectivity index (χ4v) is 9.05. The van der Waals surface area contributed by atoms with Crippen LogP contribution in [-0.2, 0) is 0 Å². The van der Waals surface area contributed by atoms with Gasteiger partial charge in [-0.3, -0.25) is 9.88 Å². The highest BCUT2D eigenvalue weighted by Crippen LogP contribution is 2.43. The molecule has 238 valence electrons. The fraction of sp³-hybridized carbons (Fsp3) is 0.457. The number of aromatic hydroxyl groups is 1. The number of thioether (sulfide) groups is 1. The molecule has 11 heteroatoms. The number of ether oxygens (including phenoxy) is 1. The Hall–Kier alpha value is -3.72. The summed E-state index contributed by atoms with van der Waals surface area (Å²) in [5.74, 6) is 1.60. The summed E-state index contributed by atoms with van der Waals surface area (Å²) in [6.07, 6.45) is 15.9. The van der Waals surface area contributed by atoms with Crippen LogP contribution in [0.2, 0.25) is 0 Å². The van der Waals surface area contributed by atoms with Crippen molar-refractivity contribution >= 4 is 39.3 Å². The molecule has 0 amide bonds. The van der Waals surface area contributed by atoms with Crippen molar-refractivity contribution in [3.05, 3.63) is 47.7 Å². The number of pyridine rings is 1. The molecule has 5 aliphatic rings. The van der Waals surface area contributed by atoms with Crippen molar-refractivity contribution in [2.45, 2.75) is 61.4 Å². The van der Waals surface area contributed by atoms with Gasteiger partial charge in [0.05, 0.1) is 16.5 Å². The number of anilines is 1. The summed E-state index contributed by atoms with van der Waals surface area (Å²) < 4.78 is 38.3. The maximum Gasteiger partial charge on any atom is 0.319 e. The van der Waals surface area contributed by atoms with Crippen LogP contribution in [0.1, 0.15) is 44.1 Å². The first-order chi connectivity index (χ1) is 22.4. The molecule has 0 spiro atoms. The molecule has 5 fully saturated rings. The van der Waals surface area contributed by atoms with E-state index in [-0.39, 0.29) is 45.7 Å². The highest BCUT2D eigenvalue weighted by Gasteiger charge is 2.49. The van der Waals surface area contributed by atoms with Crippen molar-refractivity contribution in [1.29, 1.82) is 0 Å². The number of hydrogen-bond donors (Lipinski definition) is 2. The Balaban J connectivity index is 1.28. The van der Waals surface area contributed by atoms with Crippen molar-refractivity contribution in [2.75, 3.05) is 43.9 Å². The molecule has 7 heterocycles. The minimum absolute atomic E-state index is 0.0187. The zero-order chi connectivity index (χ0) is 31.6. The van der Waals surface area contributed by atoms with Crippen molar-refractivity contribution < 1.29 is 18.6 Å². The SMILES string of the molecule is C#Cc1c(F)ccc2cc(O)cc(-c3ncc4c(N5CC6CCCC5CN6)nc(OC[C@]56CCCN5C[C@@H](SC)C6)nc4c3F)c12. The third-order valence-electron chi connectivity index (χ3n) is 10.5.